The molecule has 0 aliphatic heterocycles. The van der Waals surface area contributed by atoms with Crippen LogP contribution in [0.4, 0.5) is 4.39 Å². The van der Waals surface area contributed by atoms with E-state index >= 15 is 0 Å². The third-order valence-electron chi connectivity index (χ3n) is 1.51. The van der Waals surface area contributed by atoms with Crippen molar-refractivity contribution in [2.75, 3.05) is 0 Å². The summed E-state index contributed by atoms with van der Waals surface area (Å²) in [5.41, 5.74) is -2.35. The zero-order valence-electron chi connectivity index (χ0n) is 6.68. The van der Waals surface area contributed by atoms with Gasteiger partial charge in [0.05, 0.1) is 4.47 Å². The lowest BCUT2D eigenvalue weighted by Gasteiger charge is -2.07. The first-order chi connectivity index (χ1) is 6.32. The van der Waals surface area contributed by atoms with Crippen molar-refractivity contribution in [2.24, 2.45) is 0 Å². The number of halogens is 2. The molecule has 0 fully saturated rings. The van der Waals surface area contributed by atoms with Gasteiger partial charge < -0.3 is 5.11 Å². The molecule has 0 saturated carbocycles. The van der Waals surface area contributed by atoms with Crippen molar-refractivity contribution >= 4 is 26.0 Å². The van der Waals surface area contributed by atoms with Crippen LogP contribution in [0.3, 0.4) is 0 Å². The molecule has 0 bridgehead atoms. The second-order valence-electron chi connectivity index (χ2n) is 2.54. The van der Waals surface area contributed by atoms with Crippen LogP contribution >= 0.6 is 15.9 Å². The quantitative estimate of drug-likeness (QED) is 0.807. The Labute approximate surface area is 88.3 Å². The molecule has 1 unspecified atom stereocenters. The van der Waals surface area contributed by atoms with Gasteiger partial charge in [-0.05, 0) is 28.1 Å². The molecule has 7 heteroatoms. The normalized spacial score (nSPS) is 14.0. The lowest BCUT2D eigenvalue weighted by Crippen LogP contribution is -2.11. The van der Waals surface area contributed by atoms with E-state index in [1.807, 2.05) is 0 Å². The third-order valence-corrected chi connectivity index (χ3v) is 2.99. The summed E-state index contributed by atoms with van der Waals surface area (Å²) >= 11 is 2.86. The zero-order valence-corrected chi connectivity index (χ0v) is 9.09. The van der Waals surface area contributed by atoms with Crippen LogP contribution in [0.25, 0.3) is 0 Å². The van der Waals surface area contributed by atoms with Gasteiger partial charge in [-0.25, -0.2) is 4.39 Å². The maximum absolute atomic E-state index is 12.9. The second kappa shape index (κ2) is 3.93. The van der Waals surface area contributed by atoms with Crippen molar-refractivity contribution in [2.45, 2.75) is 5.44 Å². The first-order valence-electron chi connectivity index (χ1n) is 3.41. The van der Waals surface area contributed by atoms with Gasteiger partial charge in [0, 0.05) is 5.56 Å². The van der Waals surface area contributed by atoms with E-state index in [0.29, 0.717) is 0 Å². The Morgan fingerprint density at radius 2 is 2.00 bits per heavy atom. The molecule has 1 rings (SSSR count). The number of aliphatic hydroxyl groups excluding tert-OH is 1. The molecule has 1 aromatic carbocycles. The summed E-state index contributed by atoms with van der Waals surface area (Å²) < 4.78 is 42.5. The number of rotatable bonds is 2. The average molecular weight is 285 g/mol. The third kappa shape index (κ3) is 2.50. The fourth-order valence-electron chi connectivity index (χ4n) is 0.838. The van der Waals surface area contributed by atoms with E-state index in [9.17, 15) is 12.8 Å². The van der Waals surface area contributed by atoms with E-state index in [1.165, 1.54) is 12.1 Å². The fraction of sp³-hybridized carbons (Fsp3) is 0.143. The van der Waals surface area contributed by atoms with Crippen LogP contribution in [-0.2, 0) is 10.1 Å². The van der Waals surface area contributed by atoms with Crippen LogP contribution < -0.4 is 0 Å². The average Bonchev–Trinajstić information content (AvgIpc) is 2.07. The predicted molar refractivity (Wildman–Crippen MR) is 50.6 cm³/mol. The van der Waals surface area contributed by atoms with E-state index in [0.717, 1.165) is 6.07 Å². The van der Waals surface area contributed by atoms with E-state index < -0.39 is 21.4 Å². The van der Waals surface area contributed by atoms with Crippen LogP contribution in [0.15, 0.2) is 22.7 Å². The summed E-state index contributed by atoms with van der Waals surface area (Å²) in [5, 5.41) is 9.05. The van der Waals surface area contributed by atoms with E-state index in [1.54, 1.807) is 0 Å². The monoisotopic (exact) mass is 284 g/mol. The highest BCUT2D eigenvalue weighted by Gasteiger charge is 2.22. The van der Waals surface area contributed by atoms with Gasteiger partial charge in [-0.15, -0.1) is 0 Å². The Bertz CT molecular complexity index is 445. The lowest BCUT2D eigenvalue weighted by atomic mass is 10.2. The number of hydrogen-bond donors (Lipinski definition) is 2. The lowest BCUT2D eigenvalue weighted by molar-refractivity contribution is 0.238. The first kappa shape index (κ1) is 11.6. The molecule has 0 saturated heterocycles. The largest absolute Gasteiger partial charge is 0.371 e. The van der Waals surface area contributed by atoms with Gasteiger partial charge >= 0.3 is 0 Å². The second-order valence-corrected chi connectivity index (χ2v) is 4.87. The Balaban J connectivity index is 3.16. The highest BCUT2D eigenvalue weighted by Crippen LogP contribution is 2.23. The molecule has 0 spiro atoms. The van der Waals surface area contributed by atoms with Crippen molar-refractivity contribution in [3.05, 3.63) is 34.1 Å². The van der Waals surface area contributed by atoms with Crippen molar-refractivity contribution in [3.8, 4) is 0 Å². The molecule has 0 heterocycles. The van der Waals surface area contributed by atoms with Crippen LogP contribution in [0.2, 0.25) is 0 Å². The molecule has 78 valence electrons. The summed E-state index contributed by atoms with van der Waals surface area (Å²) in [6.07, 6.45) is 0. The number of benzene rings is 1. The molecule has 2 N–H and O–H groups in total. The highest BCUT2D eigenvalue weighted by atomic mass is 79.9. The molecular weight excluding hydrogens is 279 g/mol. The molecule has 0 amide bonds. The van der Waals surface area contributed by atoms with Gasteiger partial charge in [-0.1, -0.05) is 6.07 Å². The van der Waals surface area contributed by atoms with Crippen molar-refractivity contribution in [1.29, 1.82) is 0 Å². The van der Waals surface area contributed by atoms with E-state index in [2.05, 4.69) is 15.9 Å². The first-order valence-corrected chi connectivity index (χ1v) is 5.71. The summed E-state index contributed by atoms with van der Waals surface area (Å²) in [6.45, 7) is 0. The topological polar surface area (TPSA) is 74.6 Å². The SMILES string of the molecule is O=S(=O)(O)C(O)c1ccc(Br)c(F)c1. The van der Waals surface area contributed by atoms with Gasteiger partial charge in [0.1, 0.15) is 5.82 Å². The molecule has 0 aliphatic carbocycles. The fourth-order valence-corrected chi connectivity index (χ4v) is 1.58. The Hall–Kier alpha value is -0.500. The van der Waals surface area contributed by atoms with Crippen molar-refractivity contribution in [1.82, 2.24) is 0 Å². The summed E-state index contributed by atoms with van der Waals surface area (Å²) in [6, 6.07) is 3.24. The Kier molecular flexibility index (Phi) is 3.25. The molecule has 0 aromatic heterocycles. The van der Waals surface area contributed by atoms with Crippen LogP contribution in [0.5, 0.6) is 0 Å². The van der Waals surface area contributed by atoms with Crippen molar-refractivity contribution < 1.29 is 22.5 Å². The summed E-state index contributed by atoms with van der Waals surface area (Å²) in [5.74, 6) is -0.717. The van der Waals surface area contributed by atoms with Crippen LogP contribution in [0, 0.1) is 5.82 Å². The smallest absolute Gasteiger partial charge is 0.296 e. The molecule has 4 nitrogen and oxygen atoms in total. The minimum absolute atomic E-state index is 0.142. The molecule has 0 aliphatic rings. The molecule has 0 radical (unpaired) electrons. The standard InChI is InChI=1S/C7H6BrFO4S/c8-5-2-1-4(3-6(5)9)7(10)14(11,12)13/h1-3,7,10H,(H,11,12,13). The molecule has 14 heavy (non-hydrogen) atoms. The number of hydrogen-bond acceptors (Lipinski definition) is 3. The molecule has 1 aromatic rings. The van der Waals surface area contributed by atoms with E-state index in [-0.39, 0.29) is 10.0 Å². The molecule has 1 atom stereocenters. The van der Waals surface area contributed by atoms with Gasteiger partial charge in [0.2, 0.25) is 5.44 Å². The maximum Gasteiger partial charge on any atom is 0.296 e. The summed E-state index contributed by atoms with van der Waals surface area (Å²) in [7, 11) is -4.61. The van der Waals surface area contributed by atoms with Gasteiger partial charge in [0.15, 0.2) is 0 Å². The van der Waals surface area contributed by atoms with Crippen LogP contribution in [-0.4, -0.2) is 18.1 Å². The minimum atomic E-state index is -4.61. The van der Waals surface area contributed by atoms with Gasteiger partial charge in [-0.3, -0.25) is 4.55 Å². The zero-order chi connectivity index (χ0) is 10.9. The summed E-state index contributed by atoms with van der Waals surface area (Å²) in [4.78, 5) is 0. The van der Waals surface area contributed by atoms with Gasteiger partial charge in [0.25, 0.3) is 10.1 Å². The van der Waals surface area contributed by atoms with Crippen molar-refractivity contribution in [3.63, 3.8) is 0 Å². The van der Waals surface area contributed by atoms with Gasteiger partial charge in [-0.2, -0.15) is 8.42 Å². The predicted octanol–water partition coefficient (Wildman–Crippen LogP) is 1.47. The number of aliphatic hydroxyl groups is 1. The highest BCUT2D eigenvalue weighted by molar-refractivity contribution is 9.10. The molecular formula is C7H6BrFO4S. The maximum atomic E-state index is 12.9. The Morgan fingerprint density at radius 3 is 2.43 bits per heavy atom. The Morgan fingerprint density at radius 1 is 1.43 bits per heavy atom. The minimum Gasteiger partial charge on any atom is -0.371 e. The van der Waals surface area contributed by atoms with Crippen LogP contribution in [0.1, 0.15) is 11.0 Å². The van der Waals surface area contributed by atoms with E-state index in [4.69, 9.17) is 9.66 Å².